The number of benzene rings is 2. The number of rotatable bonds is 21. The Morgan fingerprint density at radius 1 is 0.717 bits per heavy atom. The Balaban J connectivity index is 2.33. The standard InChI is InChI=1S/C34H55NO8SSi2/c1-40-33(36)32(34(37)41-2)31(30-19-17-29(18-20-30)16-12-15-28-13-10-9-11-14-28)25-44(38,39)35(26-42-21-23-45(3,4)5)27-43-22-24-46(6,7)8/h9-11,13-14,17-20,31-32H,12,15-16,21-27H2,1-8H3. The van der Waals surface area contributed by atoms with Crippen molar-refractivity contribution in [3.63, 3.8) is 0 Å². The Hall–Kier alpha value is -2.36. The first-order valence-corrected chi connectivity index (χ1v) is 25.0. The van der Waals surface area contributed by atoms with Crippen molar-refractivity contribution in [1.29, 1.82) is 0 Å². The molecule has 1 unspecified atom stereocenters. The third-order valence-corrected chi connectivity index (χ3v) is 12.9. The lowest BCUT2D eigenvalue weighted by atomic mass is 9.86. The molecule has 0 heterocycles. The van der Waals surface area contributed by atoms with Gasteiger partial charge in [-0.1, -0.05) is 93.9 Å². The van der Waals surface area contributed by atoms with Gasteiger partial charge in [-0.3, -0.25) is 9.59 Å². The van der Waals surface area contributed by atoms with Crippen molar-refractivity contribution >= 4 is 38.1 Å². The van der Waals surface area contributed by atoms with Gasteiger partial charge in [-0.2, -0.15) is 4.31 Å². The maximum absolute atomic E-state index is 14.0. The van der Waals surface area contributed by atoms with E-state index in [0.717, 1.165) is 41.2 Å². The molecule has 0 saturated heterocycles. The van der Waals surface area contributed by atoms with Gasteiger partial charge in [-0.15, -0.1) is 0 Å². The number of hydrogen-bond acceptors (Lipinski definition) is 8. The smallest absolute Gasteiger partial charge is 0.320 e. The Labute approximate surface area is 279 Å². The molecular formula is C34H55NO8SSi2. The average Bonchev–Trinajstić information content (AvgIpc) is 2.99. The van der Waals surface area contributed by atoms with Crippen LogP contribution in [0.25, 0.3) is 0 Å². The molecule has 46 heavy (non-hydrogen) atoms. The second kappa shape index (κ2) is 18.8. The highest BCUT2D eigenvalue weighted by molar-refractivity contribution is 7.89. The molecule has 0 N–H and O–H groups in total. The van der Waals surface area contributed by atoms with E-state index < -0.39 is 55.7 Å². The molecule has 0 saturated carbocycles. The van der Waals surface area contributed by atoms with Crippen LogP contribution >= 0.6 is 0 Å². The van der Waals surface area contributed by atoms with Gasteiger partial charge in [-0.05, 0) is 48.0 Å². The molecule has 2 aromatic carbocycles. The maximum atomic E-state index is 14.0. The third kappa shape index (κ3) is 14.6. The van der Waals surface area contributed by atoms with E-state index in [1.807, 2.05) is 30.3 Å². The van der Waals surface area contributed by atoms with Crippen molar-refractivity contribution in [2.45, 2.75) is 76.6 Å². The van der Waals surface area contributed by atoms with Crippen LogP contribution in [0.1, 0.15) is 29.0 Å². The van der Waals surface area contributed by atoms with Crippen LogP contribution < -0.4 is 0 Å². The molecular weight excluding hydrogens is 639 g/mol. The van der Waals surface area contributed by atoms with E-state index in [0.29, 0.717) is 18.8 Å². The summed E-state index contributed by atoms with van der Waals surface area (Å²) in [5.41, 5.74) is 2.86. The molecule has 1 atom stereocenters. The van der Waals surface area contributed by atoms with Gasteiger partial charge in [0.15, 0.2) is 5.92 Å². The number of aryl methyl sites for hydroxylation is 2. The van der Waals surface area contributed by atoms with Crippen LogP contribution in [0.2, 0.25) is 51.4 Å². The van der Waals surface area contributed by atoms with Gasteiger partial charge in [-0.25, -0.2) is 8.42 Å². The summed E-state index contributed by atoms with van der Waals surface area (Å²) < 4.78 is 50.9. The number of sulfonamides is 1. The van der Waals surface area contributed by atoms with E-state index in [1.165, 1.54) is 19.8 Å². The molecule has 0 aliphatic rings. The molecule has 0 fully saturated rings. The van der Waals surface area contributed by atoms with Crippen molar-refractivity contribution < 1.29 is 37.0 Å². The SMILES string of the molecule is COC(=O)C(C(=O)OC)C(CS(=O)(=O)N(COCC[Si](C)(C)C)COCC[Si](C)(C)C)c1ccc(CCCc2ccccc2)cc1. The molecule has 0 aliphatic carbocycles. The van der Waals surface area contributed by atoms with Crippen LogP contribution in [0.15, 0.2) is 54.6 Å². The predicted octanol–water partition coefficient (Wildman–Crippen LogP) is 6.16. The summed E-state index contributed by atoms with van der Waals surface area (Å²) >= 11 is 0. The zero-order valence-corrected chi connectivity index (χ0v) is 31.9. The Kier molecular flexibility index (Phi) is 16.3. The van der Waals surface area contributed by atoms with Crippen LogP contribution in [-0.2, 0) is 51.4 Å². The molecule has 0 radical (unpaired) electrons. The number of carbonyl (C=O) groups is 2. The highest BCUT2D eigenvalue weighted by Gasteiger charge is 2.42. The van der Waals surface area contributed by atoms with Gasteiger partial charge in [0.2, 0.25) is 10.0 Å². The molecule has 2 aromatic rings. The highest BCUT2D eigenvalue weighted by atomic mass is 32.2. The Bertz CT molecular complexity index is 1270. The number of nitrogens with zero attached hydrogens (tertiary/aromatic N) is 1. The summed E-state index contributed by atoms with van der Waals surface area (Å²) in [5, 5.41) is 0. The zero-order valence-electron chi connectivity index (χ0n) is 29.0. The van der Waals surface area contributed by atoms with E-state index in [4.69, 9.17) is 18.9 Å². The fraction of sp³-hybridized carbons (Fsp3) is 0.588. The normalized spacial score (nSPS) is 13.2. The maximum Gasteiger partial charge on any atom is 0.320 e. The summed E-state index contributed by atoms with van der Waals surface area (Å²) in [6, 6.07) is 19.4. The van der Waals surface area contributed by atoms with Gasteiger partial charge in [0.25, 0.3) is 0 Å². The topological polar surface area (TPSA) is 108 Å². The van der Waals surface area contributed by atoms with Gasteiger partial charge in [0.1, 0.15) is 13.5 Å². The summed E-state index contributed by atoms with van der Waals surface area (Å²) in [5.74, 6) is -4.79. The van der Waals surface area contributed by atoms with Crippen LogP contribution in [-0.4, -0.2) is 87.5 Å². The van der Waals surface area contributed by atoms with Crippen LogP contribution in [0.4, 0.5) is 0 Å². The summed E-state index contributed by atoms with van der Waals surface area (Å²) in [6.45, 7) is 13.8. The summed E-state index contributed by atoms with van der Waals surface area (Å²) in [7, 11) is -4.55. The van der Waals surface area contributed by atoms with Gasteiger partial charge >= 0.3 is 11.9 Å². The highest BCUT2D eigenvalue weighted by Crippen LogP contribution is 2.31. The first kappa shape index (κ1) is 39.8. The van der Waals surface area contributed by atoms with Crippen molar-refractivity contribution in [2.75, 3.05) is 46.6 Å². The molecule has 0 amide bonds. The molecule has 0 aromatic heterocycles. The fourth-order valence-corrected chi connectivity index (χ4v) is 7.79. The summed E-state index contributed by atoms with van der Waals surface area (Å²) in [6.07, 6.45) is 2.71. The van der Waals surface area contributed by atoms with E-state index >= 15 is 0 Å². The minimum absolute atomic E-state index is 0.187. The minimum atomic E-state index is -4.09. The molecule has 12 heteroatoms. The fourth-order valence-electron chi connectivity index (χ4n) is 4.76. The second-order valence-electron chi connectivity index (χ2n) is 14.1. The van der Waals surface area contributed by atoms with Gasteiger partial charge in [0.05, 0.1) is 20.0 Å². The first-order valence-electron chi connectivity index (χ1n) is 16.0. The monoisotopic (exact) mass is 693 g/mol. The van der Waals surface area contributed by atoms with Gasteiger partial charge in [0, 0.05) is 35.3 Å². The van der Waals surface area contributed by atoms with Crippen molar-refractivity contribution in [3.8, 4) is 0 Å². The third-order valence-electron chi connectivity index (χ3n) is 7.74. The first-order chi connectivity index (χ1) is 21.6. The van der Waals surface area contributed by atoms with E-state index in [1.54, 1.807) is 12.1 Å². The molecule has 0 bridgehead atoms. The van der Waals surface area contributed by atoms with Crippen molar-refractivity contribution in [3.05, 3.63) is 71.3 Å². The van der Waals surface area contributed by atoms with Crippen LogP contribution in [0, 0.1) is 5.92 Å². The average molecular weight is 694 g/mol. The number of carbonyl (C=O) groups excluding carboxylic acids is 2. The van der Waals surface area contributed by atoms with Crippen LogP contribution in [0.5, 0.6) is 0 Å². The number of methoxy groups -OCH3 is 2. The molecule has 0 spiro atoms. The second-order valence-corrected chi connectivity index (χ2v) is 27.4. The summed E-state index contributed by atoms with van der Waals surface area (Å²) in [4.78, 5) is 25.9. The Morgan fingerprint density at radius 3 is 1.61 bits per heavy atom. The molecule has 0 aliphatic heterocycles. The van der Waals surface area contributed by atoms with Crippen LogP contribution in [0.3, 0.4) is 0 Å². The lowest BCUT2D eigenvalue weighted by Gasteiger charge is -2.28. The van der Waals surface area contributed by atoms with E-state index in [2.05, 4.69) is 51.4 Å². The molecule has 2 rings (SSSR count). The number of ether oxygens (including phenoxy) is 4. The quantitative estimate of drug-likeness (QED) is 0.0503. The lowest BCUT2D eigenvalue weighted by molar-refractivity contribution is -0.159. The largest absolute Gasteiger partial charge is 0.468 e. The van der Waals surface area contributed by atoms with E-state index in [9.17, 15) is 18.0 Å². The van der Waals surface area contributed by atoms with E-state index in [-0.39, 0.29) is 13.5 Å². The van der Waals surface area contributed by atoms with Crippen molar-refractivity contribution in [2.24, 2.45) is 5.92 Å². The minimum Gasteiger partial charge on any atom is -0.468 e. The zero-order chi connectivity index (χ0) is 34.4. The predicted molar refractivity (Wildman–Crippen MR) is 189 cm³/mol. The number of esters is 2. The number of hydrogen-bond donors (Lipinski definition) is 0. The van der Waals surface area contributed by atoms with Crippen molar-refractivity contribution in [1.82, 2.24) is 4.31 Å². The Morgan fingerprint density at radius 2 is 1.17 bits per heavy atom. The molecule has 258 valence electrons. The lowest BCUT2D eigenvalue weighted by Crippen LogP contribution is -2.42. The van der Waals surface area contributed by atoms with Gasteiger partial charge < -0.3 is 18.9 Å². The molecule has 9 nitrogen and oxygen atoms in total.